The van der Waals surface area contributed by atoms with E-state index < -0.39 is 0 Å². The fourth-order valence-electron chi connectivity index (χ4n) is 4.40. The molecule has 0 bridgehead atoms. The van der Waals surface area contributed by atoms with Gasteiger partial charge < -0.3 is 14.4 Å². The SMILES string of the molecule is CC(C)OCCOc1cc(-c2ccc(N3CCN(Cc4ncccn4)CC3)nc2)c2c(C#N)cnn2c1. The molecular weight excluding hydrogens is 468 g/mol. The topological polar surface area (TPSA) is 105 Å². The van der Waals surface area contributed by atoms with E-state index in [9.17, 15) is 5.26 Å². The van der Waals surface area contributed by atoms with Crippen LogP contribution in [0, 0.1) is 11.3 Å². The number of fused-ring (bicyclic) bond motifs is 1. The average molecular weight is 499 g/mol. The van der Waals surface area contributed by atoms with Gasteiger partial charge in [-0.3, -0.25) is 4.90 Å². The van der Waals surface area contributed by atoms with E-state index in [0.717, 1.165) is 61.0 Å². The summed E-state index contributed by atoms with van der Waals surface area (Å²) in [6.45, 7) is 9.27. The van der Waals surface area contributed by atoms with Crippen LogP contribution in [0.1, 0.15) is 25.2 Å². The highest BCUT2D eigenvalue weighted by molar-refractivity contribution is 5.85. The van der Waals surface area contributed by atoms with Gasteiger partial charge in [0.1, 0.15) is 30.1 Å². The molecule has 1 aliphatic heterocycles. The predicted octanol–water partition coefficient (Wildman–Crippen LogP) is 3.18. The third kappa shape index (κ3) is 5.85. The summed E-state index contributed by atoms with van der Waals surface area (Å²) in [5.41, 5.74) is 2.99. The van der Waals surface area contributed by atoms with Crippen LogP contribution in [0.2, 0.25) is 0 Å². The van der Waals surface area contributed by atoms with Gasteiger partial charge in [0, 0.05) is 55.9 Å². The lowest BCUT2D eigenvalue weighted by Crippen LogP contribution is -2.46. The Morgan fingerprint density at radius 1 is 1.03 bits per heavy atom. The monoisotopic (exact) mass is 498 g/mol. The minimum absolute atomic E-state index is 0.149. The van der Waals surface area contributed by atoms with Crippen LogP contribution in [0.4, 0.5) is 5.82 Å². The molecule has 0 spiro atoms. The van der Waals surface area contributed by atoms with Gasteiger partial charge in [-0.05, 0) is 38.1 Å². The Morgan fingerprint density at radius 3 is 2.54 bits per heavy atom. The van der Waals surface area contributed by atoms with Gasteiger partial charge in [0.15, 0.2) is 0 Å². The second-order valence-electron chi connectivity index (χ2n) is 9.15. The Kier molecular flexibility index (Phi) is 7.54. The zero-order valence-electron chi connectivity index (χ0n) is 21.1. The molecular formula is C27H30N8O2. The van der Waals surface area contributed by atoms with Crippen LogP contribution in [0.25, 0.3) is 16.6 Å². The fourth-order valence-corrected chi connectivity index (χ4v) is 4.40. The standard InChI is InChI=1S/C27H30N8O2/c1-20(2)36-12-13-37-23-14-24(27-22(15-28)17-32-35(27)18-23)21-4-5-26(31-16-21)34-10-8-33(9-11-34)19-25-29-6-3-7-30-25/h3-7,14,16-18,20H,8-13,19H2,1-2H3. The first-order chi connectivity index (χ1) is 18.1. The fraction of sp³-hybridized carbons (Fsp3) is 0.370. The summed E-state index contributed by atoms with van der Waals surface area (Å²) < 4.78 is 13.2. The number of hydrogen-bond donors (Lipinski definition) is 0. The molecule has 37 heavy (non-hydrogen) atoms. The number of piperazine rings is 1. The molecule has 0 amide bonds. The molecule has 5 heterocycles. The van der Waals surface area contributed by atoms with E-state index >= 15 is 0 Å². The quantitative estimate of drug-likeness (QED) is 0.322. The van der Waals surface area contributed by atoms with Crippen molar-refractivity contribution < 1.29 is 9.47 Å². The van der Waals surface area contributed by atoms with Crippen molar-refractivity contribution in [3.63, 3.8) is 0 Å². The Balaban J connectivity index is 1.30. The van der Waals surface area contributed by atoms with Crippen LogP contribution in [-0.4, -0.2) is 75.0 Å². The van der Waals surface area contributed by atoms with Crippen LogP contribution in [0.15, 0.2) is 55.2 Å². The van der Waals surface area contributed by atoms with Crippen LogP contribution in [0.3, 0.4) is 0 Å². The Labute approximate surface area is 216 Å². The van der Waals surface area contributed by atoms with Crippen molar-refractivity contribution in [1.82, 2.24) is 29.5 Å². The normalized spacial score (nSPS) is 14.3. The van der Waals surface area contributed by atoms with E-state index in [1.807, 2.05) is 44.3 Å². The summed E-state index contributed by atoms with van der Waals surface area (Å²) in [7, 11) is 0. The maximum Gasteiger partial charge on any atom is 0.142 e. The molecule has 1 aliphatic rings. The molecule has 190 valence electrons. The van der Waals surface area contributed by atoms with Crippen molar-refractivity contribution in [2.45, 2.75) is 26.5 Å². The molecule has 0 aliphatic carbocycles. The van der Waals surface area contributed by atoms with Gasteiger partial charge in [-0.2, -0.15) is 10.4 Å². The summed E-state index contributed by atoms with van der Waals surface area (Å²) in [6, 6.07) is 10.1. The molecule has 10 nitrogen and oxygen atoms in total. The molecule has 5 rings (SSSR count). The summed E-state index contributed by atoms with van der Waals surface area (Å²) in [5, 5.41) is 14.0. The number of nitrogens with zero attached hydrogens (tertiary/aromatic N) is 8. The zero-order valence-corrected chi connectivity index (χ0v) is 21.1. The van der Waals surface area contributed by atoms with E-state index in [-0.39, 0.29) is 6.10 Å². The van der Waals surface area contributed by atoms with Crippen molar-refractivity contribution in [3.8, 4) is 22.9 Å². The number of anilines is 1. The first kappa shape index (κ1) is 24.6. The van der Waals surface area contributed by atoms with Crippen molar-refractivity contribution in [3.05, 3.63) is 66.6 Å². The molecule has 0 saturated carbocycles. The first-order valence-electron chi connectivity index (χ1n) is 12.5. The molecule has 1 saturated heterocycles. The van der Waals surface area contributed by atoms with Gasteiger partial charge in [-0.25, -0.2) is 19.5 Å². The highest BCUT2D eigenvalue weighted by Crippen LogP contribution is 2.31. The molecule has 0 atom stereocenters. The summed E-state index contributed by atoms with van der Waals surface area (Å²) in [4.78, 5) is 18.1. The smallest absolute Gasteiger partial charge is 0.142 e. The Bertz CT molecular complexity index is 1360. The Hall–Kier alpha value is -4.07. The van der Waals surface area contributed by atoms with Crippen LogP contribution >= 0.6 is 0 Å². The molecule has 0 N–H and O–H groups in total. The molecule has 4 aromatic heterocycles. The van der Waals surface area contributed by atoms with Gasteiger partial charge >= 0.3 is 0 Å². The minimum Gasteiger partial charge on any atom is -0.490 e. The zero-order chi connectivity index (χ0) is 25.6. The number of aromatic nitrogens is 5. The highest BCUT2D eigenvalue weighted by atomic mass is 16.5. The second kappa shape index (κ2) is 11.3. The summed E-state index contributed by atoms with van der Waals surface area (Å²) in [6.07, 6.45) is 8.93. The summed E-state index contributed by atoms with van der Waals surface area (Å²) >= 11 is 0. The largest absolute Gasteiger partial charge is 0.490 e. The van der Waals surface area contributed by atoms with E-state index in [4.69, 9.17) is 14.5 Å². The third-order valence-corrected chi connectivity index (χ3v) is 6.25. The first-order valence-corrected chi connectivity index (χ1v) is 12.5. The van der Waals surface area contributed by atoms with Gasteiger partial charge in [0.2, 0.25) is 0 Å². The Morgan fingerprint density at radius 2 is 1.84 bits per heavy atom. The van der Waals surface area contributed by atoms with Crippen LogP contribution < -0.4 is 9.64 Å². The number of nitriles is 1. The average Bonchev–Trinajstić information content (AvgIpc) is 3.35. The second-order valence-corrected chi connectivity index (χ2v) is 9.15. The lowest BCUT2D eigenvalue weighted by atomic mass is 10.1. The van der Waals surface area contributed by atoms with Gasteiger partial charge in [0.05, 0.1) is 42.7 Å². The highest BCUT2D eigenvalue weighted by Gasteiger charge is 2.20. The maximum absolute atomic E-state index is 9.63. The van der Waals surface area contributed by atoms with Gasteiger partial charge in [-0.15, -0.1) is 0 Å². The van der Waals surface area contributed by atoms with E-state index in [1.165, 1.54) is 0 Å². The molecule has 4 aromatic rings. The third-order valence-electron chi connectivity index (χ3n) is 6.25. The van der Waals surface area contributed by atoms with Gasteiger partial charge in [-0.1, -0.05) is 0 Å². The number of ether oxygens (including phenoxy) is 2. The van der Waals surface area contributed by atoms with Crippen molar-refractivity contribution in [2.75, 3.05) is 44.3 Å². The van der Waals surface area contributed by atoms with Crippen molar-refractivity contribution in [1.29, 1.82) is 5.26 Å². The number of pyridine rings is 2. The lowest BCUT2D eigenvalue weighted by Gasteiger charge is -2.35. The van der Waals surface area contributed by atoms with E-state index in [2.05, 4.69) is 30.9 Å². The van der Waals surface area contributed by atoms with Gasteiger partial charge in [0.25, 0.3) is 0 Å². The van der Waals surface area contributed by atoms with Crippen LogP contribution in [0.5, 0.6) is 5.75 Å². The number of rotatable bonds is 9. The predicted molar refractivity (Wildman–Crippen MR) is 139 cm³/mol. The van der Waals surface area contributed by atoms with Crippen molar-refractivity contribution in [2.24, 2.45) is 0 Å². The van der Waals surface area contributed by atoms with E-state index in [0.29, 0.717) is 24.5 Å². The maximum atomic E-state index is 9.63. The molecule has 0 aromatic carbocycles. The van der Waals surface area contributed by atoms with Crippen molar-refractivity contribution >= 4 is 11.3 Å². The molecule has 0 radical (unpaired) electrons. The number of hydrogen-bond acceptors (Lipinski definition) is 9. The molecule has 0 unspecified atom stereocenters. The molecule has 10 heteroatoms. The lowest BCUT2D eigenvalue weighted by molar-refractivity contribution is 0.0552. The molecule has 1 fully saturated rings. The summed E-state index contributed by atoms with van der Waals surface area (Å²) in [5.74, 6) is 2.44. The van der Waals surface area contributed by atoms with E-state index in [1.54, 1.807) is 29.3 Å². The minimum atomic E-state index is 0.149. The van der Waals surface area contributed by atoms with Crippen LogP contribution in [-0.2, 0) is 11.3 Å².